The summed E-state index contributed by atoms with van der Waals surface area (Å²) in [5.74, 6) is 1.38. The number of benzene rings is 1. The molecule has 1 saturated carbocycles. The highest BCUT2D eigenvalue weighted by atomic mass is 35.5. The van der Waals surface area contributed by atoms with Gasteiger partial charge in [-0.1, -0.05) is 37.1 Å². The van der Waals surface area contributed by atoms with E-state index in [1.54, 1.807) is 0 Å². The van der Waals surface area contributed by atoms with E-state index >= 15 is 0 Å². The molecule has 0 heterocycles. The maximum Gasteiger partial charge on any atom is 0.143 e. The summed E-state index contributed by atoms with van der Waals surface area (Å²) >= 11 is 6.13. The molecule has 2 atom stereocenters. The van der Waals surface area contributed by atoms with E-state index in [4.69, 9.17) is 16.3 Å². The van der Waals surface area contributed by atoms with E-state index in [1.165, 1.54) is 12.8 Å². The van der Waals surface area contributed by atoms with Crippen molar-refractivity contribution in [3.63, 3.8) is 0 Å². The van der Waals surface area contributed by atoms with Gasteiger partial charge in [0.25, 0.3) is 0 Å². The van der Waals surface area contributed by atoms with E-state index in [1.807, 2.05) is 18.2 Å². The molecule has 1 aromatic carbocycles. The van der Waals surface area contributed by atoms with E-state index in [9.17, 15) is 5.11 Å². The van der Waals surface area contributed by atoms with Crippen LogP contribution in [0.15, 0.2) is 18.2 Å². The second-order valence-electron chi connectivity index (χ2n) is 4.90. The third-order valence-electron chi connectivity index (χ3n) is 3.39. The smallest absolute Gasteiger partial charge is 0.143 e. The lowest BCUT2D eigenvalue weighted by atomic mass is 9.88. The summed E-state index contributed by atoms with van der Waals surface area (Å²) in [6, 6.07) is 5.50. The predicted octanol–water partition coefficient (Wildman–Crippen LogP) is 3.79. The monoisotopic (exact) mass is 254 g/mol. The van der Waals surface area contributed by atoms with Gasteiger partial charge in [-0.05, 0) is 31.2 Å². The molecule has 0 saturated heterocycles. The standard InChI is InChI=1S/C14H19ClO2/c1-10-4-2-6-12(8-10)17-14-11(9-16)5-3-7-13(14)15/h3,5,7,10,12,16H,2,4,6,8-9H2,1H3. The van der Waals surface area contributed by atoms with Crippen molar-refractivity contribution >= 4 is 11.6 Å². The zero-order valence-corrected chi connectivity index (χ0v) is 10.9. The largest absolute Gasteiger partial charge is 0.488 e. The van der Waals surface area contributed by atoms with Crippen molar-refractivity contribution in [2.75, 3.05) is 0 Å². The number of rotatable bonds is 3. The van der Waals surface area contributed by atoms with Gasteiger partial charge in [0.1, 0.15) is 5.75 Å². The summed E-state index contributed by atoms with van der Waals surface area (Å²) in [6.07, 6.45) is 4.90. The highest BCUT2D eigenvalue weighted by Crippen LogP contribution is 2.33. The molecular formula is C14H19ClO2. The molecule has 0 spiro atoms. The molecule has 2 nitrogen and oxygen atoms in total. The first-order valence-electron chi connectivity index (χ1n) is 6.25. The summed E-state index contributed by atoms with van der Waals surface area (Å²) in [6.45, 7) is 2.23. The molecule has 2 unspecified atom stereocenters. The lowest BCUT2D eigenvalue weighted by molar-refractivity contribution is 0.125. The van der Waals surface area contributed by atoms with Crippen LogP contribution >= 0.6 is 11.6 Å². The fourth-order valence-electron chi connectivity index (χ4n) is 2.46. The Balaban J connectivity index is 2.12. The van der Waals surface area contributed by atoms with Gasteiger partial charge in [0.2, 0.25) is 0 Å². The SMILES string of the molecule is CC1CCCC(Oc2c(Cl)cccc2CO)C1. The van der Waals surface area contributed by atoms with Gasteiger partial charge < -0.3 is 9.84 Å². The van der Waals surface area contributed by atoms with Gasteiger partial charge in [-0.3, -0.25) is 0 Å². The number of para-hydroxylation sites is 1. The minimum Gasteiger partial charge on any atom is -0.488 e. The lowest BCUT2D eigenvalue weighted by Gasteiger charge is -2.28. The first-order valence-corrected chi connectivity index (χ1v) is 6.63. The summed E-state index contributed by atoms with van der Waals surface area (Å²) in [5, 5.41) is 9.88. The Labute approximate surface area is 108 Å². The molecule has 1 N–H and O–H groups in total. The van der Waals surface area contributed by atoms with Crippen molar-refractivity contribution in [2.45, 2.75) is 45.3 Å². The number of ether oxygens (including phenoxy) is 1. The maximum atomic E-state index is 9.29. The van der Waals surface area contributed by atoms with Crippen molar-refractivity contribution in [3.05, 3.63) is 28.8 Å². The van der Waals surface area contributed by atoms with Crippen molar-refractivity contribution in [2.24, 2.45) is 5.92 Å². The zero-order chi connectivity index (χ0) is 12.3. The number of halogens is 1. The van der Waals surface area contributed by atoms with Crippen LogP contribution in [0.3, 0.4) is 0 Å². The van der Waals surface area contributed by atoms with Crippen LogP contribution in [-0.4, -0.2) is 11.2 Å². The average molecular weight is 255 g/mol. The Morgan fingerprint density at radius 1 is 1.41 bits per heavy atom. The number of aliphatic hydroxyl groups excluding tert-OH is 1. The molecule has 94 valence electrons. The van der Waals surface area contributed by atoms with Crippen LogP contribution in [0.1, 0.15) is 38.2 Å². The Bertz CT molecular complexity index is 378. The molecular weight excluding hydrogens is 236 g/mol. The highest BCUT2D eigenvalue weighted by molar-refractivity contribution is 6.32. The Hall–Kier alpha value is -0.730. The second kappa shape index (κ2) is 5.74. The van der Waals surface area contributed by atoms with E-state index < -0.39 is 0 Å². The zero-order valence-electron chi connectivity index (χ0n) is 10.2. The van der Waals surface area contributed by atoms with E-state index in [-0.39, 0.29) is 12.7 Å². The quantitative estimate of drug-likeness (QED) is 0.889. The van der Waals surface area contributed by atoms with Gasteiger partial charge in [0.05, 0.1) is 17.7 Å². The third kappa shape index (κ3) is 3.14. The fourth-order valence-corrected chi connectivity index (χ4v) is 2.70. The molecule has 1 fully saturated rings. The molecule has 3 heteroatoms. The van der Waals surface area contributed by atoms with Crippen molar-refractivity contribution in [3.8, 4) is 5.75 Å². The topological polar surface area (TPSA) is 29.5 Å². The van der Waals surface area contributed by atoms with E-state index in [2.05, 4.69) is 6.92 Å². The van der Waals surface area contributed by atoms with Gasteiger partial charge in [-0.15, -0.1) is 0 Å². The summed E-state index contributed by atoms with van der Waals surface area (Å²) in [4.78, 5) is 0. The van der Waals surface area contributed by atoms with Crippen LogP contribution in [0.2, 0.25) is 5.02 Å². The molecule has 0 bridgehead atoms. The van der Waals surface area contributed by atoms with E-state index in [0.29, 0.717) is 16.7 Å². The molecule has 1 aliphatic carbocycles. The van der Waals surface area contributed by atoms with Crippen LogP contribution in [0.4, 0.5) is 0 Å². The van der Waals surface area contributed by atoms with Gasteiger partial charge in [0, 0.05) is 5.56 Å². The molecule has 17 heavy (non-hydrogen) atoms. The molecule has 0 aliphatic heterocycles. The summed E-state index contributed by atoms with van der Waals surface area (Å²) < 4.78 is 5.99. The molecule has 0 aromatic heterocycles. The van der Waals surface area contributed by atoms with Gasteiger partial charge in [-0.2, -0.15) is 0 Å². The second-order valence-corrected chi connectivity index (χ2v) is 5.31. The number of hydrogen-bond acceptors (Lipinski definition) is 2. The highest BCUT2D eigenvalue weighted by Gasteiger charge is 2.22. The normalized spacial score (nSPS) is 24.6. The minimum atomic E-state index is -0.0296. The summed E-state index contributed by atoms with van der Waals surface area (Å²) in [5.41, 5.74) is 0.774. The predicted molar refractivity (Wildman–Crippen MR) is 69.4 cm³/mol. The molecule has 0 radical (unpaired) electrons. The summed E-state index contributed by atoms with van der Waals surface area (Å²) in [7, 11) is 0. The van der Waals surface area contributed by atoms with Crippen molar-refractivity contribution in [1.82, 2.24) is 0 Å². The molecule has 1 aromatic rings. The molecule has 0 amide bonds. The van der Waals surface area contributed by atoms with E-state index in [0.717, 1.165) is 18.4 Å². The number of hydrogen-bond donors (Lipinski definition) is 1. The average Bonchev–Trinajstić information content (AvgIpc) is 2.32. The van der Waals surface area contributed by atoms with Crippen LogP contribution in [0, 0.1) is 5.92 Å². The van der Waals surface area contributed by atoms with Gasteiger partial charge in [-0.25, -0.2) is 0 Å². The van der Waals surface area contributed by atoms with Gasteiger partial charge in [0.15, 0.2) is 0 Å². The maximum absolute atomic E-state index is 9.29. The Morgan fingerprint density at radius 2 is 2.24 bits per heavy atom. The third-order valence-corrected chi connectivity index (χ3v) is 3.69. The first kappa shape index (κ1) is 12.7. The van der Waals surface area contributed by atoms with Crippen LogP contribution < -0.4 is 4.74 Å². The lowest BCUT2D eigenvalue weighted by Crippen LogP contribution is -2.24. The minimum absolute atomic E-state index is 0.0296. The van der Waals surface area contributed by atoms with Crippen molar-refractivity contribution in [1.29, 1.82) is 0 Å². The van der Waals surface area contributed by atoms with Crippen LogP contribution in [0.25, 0.3) is 0 Å². The Morgan fingerprint density at radius 3 is 2.94 bits per heavy atom. The van der Waals surface area contributed by atoms with Crippen molar-refractivity contribution < 1.29 is 9.84 Å². The Kier molecular flexibility index (Phi) is 4.30. The molecule has 1 aliphatic rings. The van der Waals surface area contributed by atoms with Crippen LogP contribution in [-0.2, 0) is 6.61 Å². The molecule has 2 rings (SSSR count). The van der Waals surface area contributed by atoms with Gasteiger partial charge >= 0.3 is 0 Å². The fraction of sp³-hybridized carbons (Fsp3) is 0.571. The first-order chi connectivity index (χ1) is 8.20. The van der Waals surface area contributed by atoms with Crippen LogP contribution in [0.5, 0.6) is 5.75 Å². The number of aliphatic hydroxyl groups is 1.